The van der Waals surface area contributed by atoms with Crippen LogP contribution in [0.15, 0.2) is 23.1 Å². The summed E-state index contributed by atoms with van der Waals surface area (Å²) < 4.78 is 34.6. The summed E-state index contributed by atoms with van der Waals surface area (Å²) in [5.41, 5.74) is 0.744. The van der Waals surface area contributed by atoms with Gasteiger partial charge in [-0.25, -0.2) is 8.42 Å². The number of sulfonamides is 1. The number of likely N-dealkylation sites (N-methyl/N-ethyl adjacent to an activating group) is 1. The number of aliphatic hydroxyl groups is 1. The van der Waals surface area contributed by atoms with Crippen LogP contribution in [-0.2, 0) is 10.0 Å². The summed E-state index contributed by atoms with van der Waals surface area (Å²) in [5, 5.41) is 9.70. The maximum atomic E-state index is 13.4. The number of fused-ring (bicyclic) bond motifs is 1. The molecule has 0 saturated carbocycles. The summed E-state index contributed by atoms with van der Waals surface area (Å²) in [4.78, 5) is 2.35. The summed E-state index contributed by atoms with van der Waals surface area (Å²) in [7, 11) is -1.75. The van der Waals surface area contributed by atoms with Crippen LogP contribution >= 0.6 is 0 Å². The topological polar surface area (TPSA) is 70.1 Å². The van der Waals surface area contributed by atoms with Gasteiger partial charge in [0.05, 0.1) is 6.61 Å². The third-order valence-corrected chi connectivity index (χ3v) is 7.39. The van der Waals surface area contributed by atoms with Gasteiger partial charge in [-0.15, -0.1) is 0 Å². The van der Waals surface area contributed by atoms with E-state index in [0.29, 0.717) is 18.8 Å². The van der Waals surface area contributed by atoms with Crippen LogP contribution in [0, 0.1) is 17.8 Å². The standard InChI is InChI=1S/C23H36N2O4S/c1-6-8-9-10-20-11-12-23-21(14-20)29-22(16-24(5)13-7-2)18(3)15-25(19(4)17-26)30(23,27)28/h11-12,14,18-19,22,26H,6-8,13,15-17H2,1-5H3/t18-,19+,22-/m1/s1. The van der Waals surface area contributed by atoms with Crippen LogP contribution in [-0.4, -0.2) is 68.2 Å². The molecule has 0 bridgehead atoms. The molecule has 0 spiro atoms. The van der Waals surface area contributed by atoms with Gasteiger partial charge in [0, 0.05) is 37.0 Å². The number of benzene rings is 1. The van der Waals surface area contributed by atoms with Gasteiger partial charge in [0.1, 0.15) is 16.7 Å². The van der Waals surface area contributed by atoms with Crippen LogP contribution in [0.5, 0.6) is 5.75 Å². The van der Waals surface area contributed by atoms with Crippen molar-refractivity contribution in [2.24, 2.45) is 5.92 Å². The minimum atomic E-state index is -3.80. The molecule has 0 fully saturated rings. The highest BCUT2D eigenvalue weighted by Crippen LogP contribution is 2.34. The summed E-state index contributed by atoms with van der Waals surface area (Å²) in [6.07, 6.45) is 2.62. The lowest BCUT2D eigenvalue weighted by atomic mass is 10.0. The Morgan fingerprint density at radius 1 is 1.33 bits per heavy atom. The van der Waals surface area contributed by atoms with Gasteiger partial charge in [0.15, 0.2) is 0 Å². The predicted octanol–water partition coefficient (Wildman–Crippen LogP) is 2.95. The number of aliphatic hydroxyl groups excluding tert-OH is 1. The smallest absolute Gasteiger partial charge is 0.247 e. The van der Waals surface area contributed by atoms with Crippen molar-refractivity contribution in [1.82, 2.24) is 9.21 Å². The van der Waals surface area contributed by atoms with E-state index in [0.717, 1.165) is 31.4 Å². The van der Waals surface area contributed by atoms with Crippen LogP contribution < -0.4 is 4.74 Å². The van der Waals surface area contributed by atoms with Crippen LogP contribution in [0.25, 0.3) is 0 Å². The fourth-order valence-corrected chi connectivity index (χ4v) is 5.42. The zero-order chi connectivity index (χ0) is 22.3. The zero-order valence-corrected chi connectivity index (χ0v) is 19.7. The van der Waals surface area contributed by atoms with E-state index < -0.39 is 16.1 Å². The molecule has 0 amide bonds. The van der Waals surface area contributed by atoms with Gasteiger partial charge >= 0.3 is 0 Å². The summed E-state index contributed by atoms with van der Waals surface area (Å²) >= 11 is 0. The Labute approximate surface area is 182 Å². The highest BCUT2D eigenvalue weighted by Gasteiger charge is 2.38. The molecule has 30 heavy (non-hydrogen) atoms. The molecule has 0 aromatic heterocycles. The molecule has 7 heteroatoms. The average molecular weight is 437 g/mol. The van der Waals surface area contributed by atoms with E-state index in [4.69, 9.17) is 4.74 Å². The van der Waals surface area contributed by atoms with E-state index in [1.807, 2.05) is 6.92 Å². The Kier molecular flexibility index (Phi) is 9.17. The van der Waals surface area contributed by atoms with Gasteiger partial charge in [0.25, 0.3) is 0 Å². The normalized spacial score (nSPS) is 22.2. The monoisotopic (exact) mass is 436 g/mol. The molecule has 0 saturated heterocycles. The predicted molar refractivity (Wildman–Crippen MR) is 120 cm³/mol. The summed E-state index contributed by atoms with van der Waals surface area (Å²) in [6.45, 7) is 9.64. The Bertz CT molecular complexity index is 860. The lowest BCUT2D eigenvalue weighted by Crippen LogP contribution is -2.49. The second kappa shape index (κ2) is 11.1. The molecule has 1 heterocycles. The number of ether oxygens (including phenoxy) is 1. The Morgan fingerprint density at radius 2 is 2.07 bits per heavy atom. The fraction of sp³-hybridized carbons (Fsp3) is 0.652. The van der Waals surface area contributed by atoms with Gasteiger partial charge in [0.2, 0.25) is 10.0 Å². The van der Waals surface area contributed by atoms with Gasteiger partial charge < -0.3 is 14.7 Å². The van der Waals surface area contributed by atoms with Crippen molar-refractivity contribution in [3.63, 3.8) is 0 Å². The Balaban J connectivity index is 2.53. The van der Waals surface area contributed by atoms with Gasteiger partial charge in [-0.2, -0.15) is 4.31 Å². The molecule has 3 atom stereocenters. The van der Waals surface area contributed by atoms with Crippen molar-refractivity contribution >= 4 is 10.0 Å². The molecule has 6 nitrogen and oxygen atoms in total. The van der Waals surface area contributed by atoms with Crippen molar-refractivity contribution in [2.45, 2.75) is 64.0 Å². The van der Waals surface area contributed by atoms with E-state index in [1.165, 1.54) is 4.31 Å². The lowest BCUT2D eigenvalue weighted by molar-refractivity contribution is 0.0752. The SMILES string of the molecule is CCCC#Cc1ccc2c(c1)O[C@H](CN(C)CCC)[C@H](C)CN([C@@H](C)CO)S2(=O)=O. The van der Waals surface area contributed by atoms with Crippen LogP contribution in [0.1, 0.15) is 52.5 Å². The number of hydrogen-bond acceptors (Lipinski definition) is 5. The summed E-state index contributed by atoms with van der Waals surface area (Å²) in [6, 6.07) is 4.54. The van der Waals surface area contributed by atoms with Gasteiger partial charge in [-0.05, 0) is 51.6 Å². The third-order valence-electron chi connectivity index (χ3n) is 5.37. The second-order valence-electron chi connectivity index (χ2n) is 8.22. The molecule has 1 aliphatic rings. The second-order valence-corrected chi connectivity index (χ2v) is 10.1. The van der Waals surface area contributed by atoms with E-state index >= 15 is 0 Å². The quantitative estimate of drug-likeness (QED) is 0.666. The first kappa shape index (κ1) is 24.7. The summed E-state index contributed by atoms with van der Waals surface area (Å²) in [5.74, 6) is 6.50. The first-order chi connectivity index (χ1) is 14.2. The van der Waals surface area contributed by atoms with Crippen molar-refractivity contribution in [3.8, 4) is 17.6 Å². The third kappa shape index (κ3) is 5.98. The molecule has 0 radical (unpaired) electrons. The van der Waals surface area contributed by atoms with Crippen molar-refractivity contribution in [2.75, 3.05) is 33.3 Å². The number of hydrogen-bond donors (Lipinski definition) is 1. The molecule has 1 aliphatic heterocycles. The fourth-order valence-electron chi connectivity index (χ4n) is 3.59. The van der Waals surface area contributed by atoms with Crippen molar-refractivity contribution in [1.29, 1.82) is 0 Å². The van der Waals surface area contributed by atoms with E-state index in [9.17, 15) is 13.5 Å². The molecule has 1 N–H and O–H groups in total. The molecule has 1 aromatic carbocycles. The number of rotatable bonds is 7. The molecule has 0 unspecified atom stereocenters. The van der Waals surface area contributed by atoms with Crippen LogP contribution in [0.3, 0.4) is 0 Å². The first-order valence-electron chi connectivity index (χ1n) is 10.8. The Hall–Kier alpha value is -1.59. The lowest BCUT2D eigenvalue weighted by Gasteiger charge is -2.37. The highest BCUT2D eigenvalue weighted by molar-refractivity contribution is 7.89. The number of nitrogens with zero attached hydrogens (tertiary/aromatic N) is 2. The zero-order valence-electron chi connectivity index (χ0n) is 18.9. The largest absolute Gasteiger partial charge is 0.487 e. The number of unbranched alkanes of at least 4 members (excludes halogenated alkanes) is 1. The molecule has 168 valence electrons. The molecule has 2 rings (SSSR count). The van der Waals surface area contributed by atoms with Crippen LogP contribution in [0.4, 0.5) is 0 Å². The highest BCUT2D eigenvalue weighted by atomic mass is 32.2. The van der Waals surface area contributed by atoms with Crippen LogP contribution in [0.2, 0.25) is 0 Å². The van der Waals surface area contributed by atoms with Crippen molar-refractivity contribution < 1.29 is 18.3 Å². The molecular formula is C23H36N2O4S. The van der Waals surface area contributed by atoms with E-state index in [-0.39, 0.29) is 23.5 Å². The van der Waals surface area contributed by atoms with E-state index in [1.54, 1.807) is 25.1 Å². The van der Waals surface area contributed by atoms with E-state index in [2.05, 4.69) is 37.6 Å². The molecule has 1 aromatic rings. The van der Waals surface area contributed by atoms with Crippen molar-refractivity contribution in [3.05, 3.63) is 23.8 Å². The maximum Gasteiger partial charge on any atom is 0.247 e. The van der Waals surface area contributed by atoms with Gasteiger partial charge in [-0.1, -0.05) is 32.6 Å². The van der Waals surface area contributed by atoms with Gasteiger partial charge in [-0.3, -0.25) is 0 Å². The first-order valence-corrected chi connectivity index (χ1v) is 12.3. The average Bonchev–Trinajstić information content (AvgIpc) is 2.70. The molecule has 0 aliphatic carbocycles. The molecular weight excluding hydrogens is 400 g/mol. The Morgan fingerprint density at radius 3 is 2.70 bits per heavy atom. The maximum absolute atomic E-state index is 13.4. The minimum absolute atomic E-state index is 0.0453. The minimum Gasteiger partial charge on any atom is -0.487 e.